The van der Waals surface area contributed by atoms with Crippen molar-refractivity contribution in [2.75, 3.05) is 19.6 Å². The molecule has 0 amide bonds. The lowest BCUT2D eigenvalue weighted by molar-refractivity contribution is -0.122. The Morgan fingerprint density at radius 1 is 1.27 bits per heavy atom. The molecule has 0 saturated carbocycles. The smallest absolute Gasteiger partial charge is 0.290 e. The fraction of sp³-hybridized carbons (Fsp3) is 0.636. The summed E-state index contributed by atoms with van der Waals surface area (Å²) in [7, 11) is 0. The Balaban J connectivity index is 0.000000806. The molecule has 4 heterocycles. The van der Waals surface area contributed by atoms with Crippen LogP contribution in [0, 0.1) is 18.8 Å². The third-order valence-electron chi connectivity index (χ3n) is 6.38. The molecule has 3 atom stereocenters. The van der Waals surface area contributed by atoms with E-state index in [0.29, 0.717) is 23.8 Å². The summed E-state index contributed by atoms with van der Waals surface area (Å²) in [6.45, 7) is 10.4. The fourth-order valence-corrected chi connectivity index (χ4v) is 4.97. The van der Waals surface area contributed by atoms with Gasteiger partial charge in [0.05, 0.1) is 0 Å². The zero-order valence-corrected chi connectivity index (χ0v) is 18.1. The highest BCUT2D eigenvalue weighted by molar-refractivity contribution is 5.32. The minimum atomic E-state index is -0.250. The summed E-state index contributed by atoms with van der Waals surface area (Å²) in [5.41, 5.74) is 1.43. The first-order valence-electron chi connectivity index (χ1n) is 10.8. The second-order valence-electron chi connectivity index (χ2n) is 8.83. The van der Waals surface area contributed by atoms with Gasteiger partial charge in [0.1, 0.15) is 12.2 Å². The summed E-state index contributed by atoms with van der Waals surface area (Å²) in [6, 6.07) is 6.19. The van der Waals surface area contributed by atoms with Crippen molar-refractivity contribution in [1.82, 2.24) is 24.2 Å². The normalized spacial score (nSPS) is 22.9. The number of carboxylic acid groups (broad SMARTS) is 1. The molecule has 30 heavy (non-hydrogen) atoms. The van der Waals surface area contributed by atoms with E-state index in [9.17, 15) is 4.79 Å². The zero-order chi connectivity index (χ0) is 21.7. The number of aromatic nitrogens is 4. The monoisotopic (exact) mass is 415 g/mol. The Labute approximate surface area is 177 Å². The number of aryl methyl sites for hydroxylation is 1. The quantitative estimate of drug-likeness (QED) is 0.729. The van der Waals surface area contributed by atoms with Crippen LogP contribution in [0.5, 0.6) is 0 Å². The molecule has 2 bridgehead atoms. The number of piperidine rings is 1. The molecule has 0 spiro atoms. The number of pyridine rings is 1. The molecule has 164 valence electrons. The van der Waals surface area contributed by atoms with Crippen LogP contribution in [0.4, 0.5) is 0 Å². The molecule has 1 fully saturated rings. The van der Waals surface area contributed by atoms with Crippen LogP contribution in [0.3, 0.4) is 0 Å². The first-order valence-corrected chi connectivity index (χ1v) is 10.8. The van der Waals surface area contributed by atoms with E-state index < -0.39 is 0 Å². The largest absolute Gasteiger partial charge is 0.483 e. The van der Waals surface area contributed by atoms with Crippen LogP contribution in [-0.4, -0.2) is 55.4 Å². The van der Waals surface area contributed by atoms with E-state index in [1.54, 1.807) is 6.07 Å². The van der Waals surface area contributed by atoms with E-state index in [-0.39, 0.29) is 12.0 Å². The molecular formula is C22H33N5O3. The molecule has 2 aliphatic rings. The van der Waals surface area contributed by atoms with Gasteiger partial charge in [0, 0.05) is 49.9 Å². The van der Waals surface area contributed by atoms with E-state index >= 15 is 0 Å². The van der Waals surface area contributed by atoms with Crippen molar-refractivity contribution in [1.29, 1.82) is 0 Å². The highest BCUT2D eigenvalue weighted by Crippen LogP contribution is 2.43. The van der Waals surface area contributed by atoms with Gasteiger partial charge in [-0.15, -0.1) is 10.2 Å². The number of rotatable bonds is 6. The Kier molecular flexibility index (Phi) is 7.42. The number of likely N-dealkylation sites (tertiary alicyclic amines) is 1. The molecule has 0 aliphatic carbocycles. The number of fused-ring (bicyclic) bond motifs is 4. The van der Waals surface area contributed by atoms with E-state index in [0.717, 1.165) is 38.4 Å². The number of nitrogens with zero attached hydrogens (tertiary/aromatic N) is 5. The lowest BCUT2D eigenvalue weighted by Gasteiger charge is -2.47. The second kappa shape index (κ2) is 10.0. The van der Waals surface area contributed by atoms with Crippen LogP contribution in [0.1, 0.15) is 56.6 Å². The second-order valence-corrected chi connectivity index (χ2v) is 8.83. The average Bonchev–Trinajstić information content (AvgIpc) is 3.12. The Hall–Kier alpha value is -2.48. The first kappa shape index (κ1) is 22.2. The van der Waals surface area contributed by atoms with Crippen molar-refractivity contribution < 1.29 is 9.90 Å². The van der Waals surface area contributed by atoms with Gasteiger partial charge >= 0.3 is 0 Å². The van der Waals surface area contributed by atoms with E-state index in [1.807, 2.05) is 19.3 Å². The van der Waals surface area contributed by atoms with Crippen molar-refractivity contribution in [2.45, 2.75) is 58.5 Å². The van der Waals surface area contributed by atoms with Gasteiger partial charge in [0.2, 0.25) is 0 Å². The molecule has 2 aromatic rings. The highest BCUT2D eigenvalue weighted by atomic mass is 16.3. The van der Waals surface area contributed by atoms with Gasteiger partial charge in [0.25, 0.3) is 12.0 Å². The van der Waals surface area contributed by atoms with Crippen LogP contribution in [0.15, 0.2) is 29.3 Å². The summed E-state index contributed by atoms with van der Waals surface area (Å²) in [5.74, 6) is 2.67. The minimum Gasteiger partial charge on any atom is -0.483 e. The molecule has 2 aromatic heterocycles. The van der Waals surface area contributed by atoms with Gasteiger partial charge < -0.3 is 19.1 Å². The number of hydrogen-bond acceptors (Lipinski definition) is 5. The number of hydrogen-bond donors (Lipinski definition) is 1. The molecule has 8 heteroatoms. The maximum atomic E-state index is 12.7. The third-order valence-corrected chi connectivity index (χ3v) is 6.38. The third kappa shape index (κ3) is 4.98. The van der Waals surface area contributed by atoms with Crippen molar-refractivity contribution in [3.63, 3.8) is 0 Å². The van der Waals surface area contributed by atoms with Crippen molar-refractivity contribution >= 4 is 6.47 Å². The highest BCUT2D eigenvalue weighted by Gasteiger charge is 2.40. The molecule has 0 radical (unpaired) electrons. The van der Waals surface area contributed by atoms with Crippen LogP contribution >= 0.6 is 0 Å². The predicted molar refractivity (Wildman–Crippen MR) is 115 cm³/mol. The molecule has 0 aromatic carbocycles. The maximum Gasteiger partial charge on any atom is 0.290 e. The van der Waals surface area contributed by atoms with Gasteiger partial charge in [-0.25, -0.2) is 0 Å². The predicted octanol–water partition coefficient (Wildman–Crippen LogP) is 2.55. The minimum absolute atomic E-state index is 0.185. The average molecular weight is 416 g/mol. The van der Waals surface area contributed by atoms with E-state index in [2.05, 4.69) is 44.1 Å². The lowest BCUT2D eigenvalue weighted by Crippen LogP contribution is -2.50. The van der Waals surface area contributed by atoms with Gasteiger partial charge in [-0.05, 0) is 44.1 Å². The Morgan fingerprint density at radius 2 is 2.03 bits per heavy atom. The van der Waals surface area contributed by atoms with Crippen LogP contribution in [0.2, 0.25) is 0 Å². The molecular weight excluding hydrogens is 382 g/mol. The summed E-state index contributed by atoms with van der Waals surface area (Å²) in [5, 5.41) is 15.0. The van der Waals surface area contributed by atoms with Crippen LogP contribution in [-0.2, 0) is 11.3 Å². The summed E-state index contributed by atoms with van der Waals surface area (Å²) in [6.07, 6.45) is 5.31. The van der Waals surface area contributed by atoms with Gasteiger partial charge in [0.15, 0.2) is 0 Å². The van der Waals surface area contributed by atoms with Crippen molar-refractivity contribution in [2.24, 2.45) is 11.8 Å². The van der Waals surface area contributed by atoms with Gasteiger partial charge in [-0.2, -0.15) is 0 Å². The molecule has 8 nitrogen and oxygen atoms in total. The van der Waals surface area contributed by atoms with E-state index in [1.165, 1.54) is 18.5 Å². The molecule has 0 unspecified atom stereocenters. The molecule has 4 rings (SSSR count). The van der Waals surface area contributed by atoms with Gasteiger partial charge in [-0.1, -0.05) is 19.9 Å². The standard InChI is InChI=1S/C21H31N5O.CH2O2/c1-15(2)7-8-20-18-11-17(19-5-4-6-21(27)26(19)20)12-24(13-18)9-10-25-14-22-23-16(25)3;2-1-3/h4-6,14-15,17-18,20H,7-13H2,1-3H3;1H,(H,2,3)/t17-,18+,20+;/m1./s1. The van der Waals surface area contributed by atoms with Crippen LogP contribution in [0.25, 0.3) is 0 Å². The maximum absolute atomic E-state index is 12.7. The molecule has 2 aliphatic heterocycles. The van der Waals surface area contributed by atoms with Crippen molar-refractivity contribution in [3.05, 3.63) is 46.4 Å². The Bertz CT molecular complexity index is 891. The topological polar surface area (TPSA) is 93.3 Å². The Morgan fingerprint density at radius 3 is 2.70 bits per heavy atom. The zero-order valence-electron chi connectivity index (χ0n) is 18.1. The summed E-state index contributed by atoms with van der Waals surface area (Å²) < 4.78 is 4.27. The summed E-state index contributed by atoms with van der Waals surface area (Å²) in [4.78, 5) is 23.6. The van der Waals surface area contributed by atoms with Crippen molar-refractivity contribution in [3.8, 4) is 0 Å². The summed E-state index contributed by atoms with van der Waals surface area (Å²) >= 11 is 0. The SMILES string of the molecule is Cc1nncn1CCN1C[C@H]2C[C@@H](C1)[C@H](CCC(C)C)n1c2cccc1=O.O=CO. The lowest BCUT2D eigenvalue weighted by atomic mass is 9.76. The molecule has 1 N–H and O–H groups in total. The molecule has 1 saturated heterocycles. The fourth-order valence-electron chi connectivity index (χ4n) is 4.97. The van der Waals surface area contributed by atoms with Gasteiger partial charge in [-0.3, -0.25) is 9.59 Å². The number of carbonyl (C=O) groups is 1. The van der Waals surface area contributed by atoms with Crippen LogP contribution < -0.4 is 5.56 Å². The van der Waals surface area contributed by atoms with E-state index in [4.69, 9.17) is 9.90 Å². The first-order chi connectivity index (χ1) is 14.4.